The molecule has 2 aromatic heterocycles. The van der Waals surface area contributed by atoms with E-state index < -0.39 is 11.0 Å². The number of anilines is 1. The lowest BCUT2D eigenvalue weighted by atomic mass is 9.73. The average Bonchev–Trinajstić information content (AvgIpc) is 3.65. The van der Waals surface area contributed by atoms with Gasteiger partial charge in [-0.3, -0.25) is 19.3 Å². The van der Waals surface area contributed by atoms with Crippen LogP contribution in [0.5, 0.6) is 0 Å². The standard InChI is InChI=1S/C41H49Cl2N7O4/c1-40(2,3)54-39(53)41(4)17-13-25(14-18-41)50-20-16-32-30(23-50)46-36(48(32)5)33(51)21-24-9-7-10-26(34(24)42)27-11-8-12-28(35(27)43)47-38(52)37-45-29-22-44-19-15-31(29)49(37)6/h7-12,25,44H,13-23H2,1-6H3,(H,47,52). The number of aromatic nitrogens is 4. The maximum Gasteiger partial charge on any atom is 0.312 e. The van der Waals surface area contributed by atoms with Gasteiger partial charge in [0.1, 0.15) is 5.60 Å². The Bertz CT molecular complexity index is 2120. The maximum atomic E-state index is 13.9. The Morgan fingerprint density at radius 1 is 0.926 bits per heavy atom. The van der Waals surface area contributed by atoms with Crippen LogP contribution in [0.25, 0.3) is 11.1 Å². The number of nitrogens with zero attached hydrogens (tertiary/aromatic N) is 5. The molecule has 2 aromatic carbocycles. The molecule has 0 bridgehead atoms. The van der Waals surface area contributed by atoms with Crippen molar-refractivity contribution in [3.63, 3.8) is 0 Å². The van der Waals surface area contributed by atoms with Gasteiger partial charge < -0.3 is 24.5 Å². The van der Waals surface area contributed by atoms with E-state index in [9.17, 15) is 14.4 Å². The van der Waals surface area contributed by atoms with Gasteiger partial charge in [-0.05, 0) is 65.0 Å². The van der Waals surface area contributed by atoms with Crippen molar-refractivity contribution < 1.29 is 19.1 Å². The number of ether oxygens (including phenoxy) is 1. The summed E-state index contributed by atoms with van der Waals surface area (Å²) in [7, 11) is 3.77. The highest BCUT2D eigenvalue weighted by atomic mass is 35.5. The number of ketones is 1. The summed E-state index contributed by atoms with van der Waals surface area (Å²) in [5.41, 5.74) is 5.38. The molecule has 0 radical (unpaired) electrons. The number of hydrogen-bond acceptors (Lipinski definition) is 8. The van der Waals surface area contributed by atoms with Crippen molar-refractivity contribution in [1.29, 1.82) is 0 Å². The molecule has 1 aliphatic carbocycles. The number of carbonyl (C=O) groups excluding carboxylic acids is 3. The Balaban J connectivity index is 1.03. The van der Waals surface area contributed by atoms with Crippen LogP contribution in [0.1, 0.15) is 103 Å². The third-order valence-corrected chi connectivity index (χ3v) is 12.2. The number of amides is 1. The van der Waals surface area contributed by atoms with E-state index in [4.69, 9.17) is 32.9 Å². The van der Waals surface area contributed by atoms with E-state index in [1.807, 2.05) is 81.3 Å². The van der Waals surface area contributed by atoms with Crippen LogP contribution in [0, 0.1) is 5.41 Å². The Morgan fingerprint density at radius 3 is 2.28 bits per heavy atom. The smallest absolute Gasteiger partial charge is 0.312 e. The first kappa shape index (κ1) is 38.3. The summed E-state index contributed by atoms with van der Waals surface area (Å²) in [4.78, 5) is 52.1. The summed E-state index contributed by atoms with van der Waals surface area (Å²) in [6.07, 6.45) is 5.09. The fourth-order valence-corrected chi connectivity index (χ4v) is 8.74. The molecular formula is C41H49Cl2N7O4. The van der Waals surface area contributed by atoms with Gasteiger partial charge >= 0.3 is 5.97 Å². The summed E-state index contributed by atoms with van der Waals surface area (Å²) in [6.45, 7) is 10.8. The molecule has 0 spiro atoms. The number of hydrogen-bond donors (Lipinski definition) is 2. The van der Waals surface area contributed by atoms with Gasteiger partial charge in [-0.1, -0.05) is 53.5 Å². The molecule has 4 heterocycles. The van der Waals surface area contributed by atoms with Gasteiger partial charge in [0.15, 0.2) is 11.6 Å². The second kappa shape index (κ2) is 14.9. The molecule has 54 heavy (non-hydrogen) atoms. The number of rotatable bonds is 8. The van der Waals surface area contributed by atoms with Crippen molar-refractivity contribution in [1.82, 2.24) is 29.3 Å². The number of fused-ring (bicyclic) bond motifs is 2. The fourth-order valence-electron chi connectivity index (χ4n) is 8.17. The highest BCUT2D eigenvalue weighted by molar-refractivity contribution is 6.39. The van der Waals surface area contributed by atoms with Crippen molar-refractivity contribution in [2.24, 2.45) is 19.5 Å². The molecule has 0 unspecified atom stereocenters. The number of imidazole rings is 2. The molecule has 3 aliphatic rings. The third-order valence-electron chi connectivity index (χ3n) is 11.3. The van der Waals surface area contributed by atoms with Gasteiger partial charge in [0.2, 0.25) is 5.78 Å². The van der Waals surface area contributed by atoms with Crippen LogP contribution in [0.15, 0.2) is 36.4 Å². The van der Waals surface area contributed by atoms with E-state index in [-0.39, 0.29) is 24.1 Å². The summed E-state index contributed by atoms with van der Waals surface area (Å²) in [5.74, 6) is 0.161. The average molecular weight is 775 g/mol. The van der Waals surface area contributed by atoms with Crippen LogP contribution in [-0.2, 0) is 56.0 Å². The van der Waals surface area contributed by atoms with Crippen molar-refractivity contribution in [3.05, 3.63) is 86.4 Å². The van der Waals surface area contributed by atoms with Gasteiger partial charge in [0.05, 0.1) is 32.5 Å². The van der Waals surface area contributed by atoms with E-state index in [0.717, 1.165) is 74.4 Å². The zero-order valence-corrected chi connectivity index (χ0v) is 33.5. The largest absolute Gasteiger partial charge is 0.460 e. The van der Waals surface area contributed by atoms with Gasteiger partial charge in [-0.15, -0.1) is 0 Å². The minimum absolute atomic E-state index is 0.0682. The number of Topliss-reactive ketones (excluding diaryl/α,β-unsaturated/α-hetero) is 1. The Morgan fingerprint density at radius 2 is 1.57 bits per heavy atom. The second-order valence-corrected chi connectivity index (χ2v) is 17.0. The summed E-state index contributed by atoms with van der Waals surface area (Å²) in [5, 5.41) is 6.99. The molecule has 0 atom stereocenters. The summed E-state index contributed by atoms with van der Waals surface area (Å²) < 4.78 is 9.52. The lowest BCUT2D eigenvalue weighted by Gasteiger charge is -2.42. The molecular weight excluding hydrogens is 725 g/mol. The van der Waals surface area contributed by atoms with Crippen LogP contribution in [0.3, 0.4) is 0 Å². The molecule has 2 aliphatic heterocycles. The van der Waals surface area contributed by atoms with Crippen LogP contribution >= 0.6 is 23.2 Å². The highest BCUT2D eigenvalue weighted by Gasteiger charge is 2.42. The first-order valence-corrected chi connectivity index (χ1v) is 19.6. The Kier molecular flexibility index (Phi) is 10.6. The summed E-state index contributed by atoms with van der Waals surface area (Å²) in [6, 6.07) is 11.3. The molecule has 1 saturated carbocycles. The minimum Gasteiger partial charge on any atom is -0.460 e. The molecule has 11 nitrogen and oxygen atoms in total. The number of carbonyl (C=O) groups is 3. The quantitative estimate of drug-likeness (QED) is 0.144. The first-order valence-electron chi connectivity index (χ1n) is 18.8. The number of halogens is 2. The zero-order chi connectivity index (χ0) is 38.5. The first-order chi connectivity index (χ1) is 25.6. The van der Waals surface area contributed by atoms with Crippen LogP contribution < -0.4 is 10.6 Å². The molecule has 13 heteroatoms. The molecule has 286 valence electrons. The zero-order valence-electron chi connectivity index (χ0n) is 31.9. The normalized spacial score (nSPS) is 20.3. The monoisotopic (exact) mass is 773 g/mol. The summed E-state index contributed by atoms with van der Waals surface area (Å²) >= 11 is 13.9. The van der Waals surface area contributed by atoms with Crippen LogP contribution in [-0.4, -0.2) is 66.4 Å². The van der Waals surface area contributed by atoms with Crippen molar-refractivity contribution in [2.45, 2.75) is 97.4 Å². The van der Waals surface area contributed by atoms with E-state index in [0.29, 0.717) is 63.2 Å². The minimum atomic E-state index is -0.498. The van der Waals surface area contributed by atoms with E-state index in [2.05, 4.69) is 20.5 Å². The molecule has 7 rings (SSSR count). The van der Waals surface area contributed by atoms with Crippen LogP contribution in [0.2, 0.25) is 10.0 Å². The number of nitrogens with one attached hydrogen (secondary N) is 2. The molecule has 0 saturated heterocycles. The van der Waals surface area contributed by atoms with E-state index in [1.54, 1.807) is 6.07 Å². The number of benzene rings is 2. The predicted octanol–water partition coefficient (Wildman–Crippen LogP) is 7.10. The molecule has 4 aromatic rings. The SMILES string of the molecule is Cn1c(C(=O)Cc2cccc(-c3cccc(NC(=O)c4nc5c(n4C)CCNC5)c3Cl)c2Cl)nc2c1CCN(C1CCC(C)(C(=O)OC(C)(C)C)CC1)C2. The maximum absolute atomic E-state index is 13.9. The van der Waals surface area contributed by atoms with Gasteiger partial charge in [0, 0.05) is 88.1 Å². The highest BCUT2D eigenvalue weighted by Crippen LogP contribution is 2.41. The second-order valence-electron chi connectivity index (χ2n) is 16.2. The Labute approximate surface area is 326 Å². The van der Waals surface area contributed by atoms with E-state index in [1.165, 1.54) is 0 Å². The number of esters is 1. The molecule has 1 fully saturated rings. The van der Waals surface area contributed by atoms with E-state index >= 15 is 0 Å². The topological polar surface area (TPSA) is 123 Å². The van der Waals surface area contributed by atoms with Gasteiger partial charge in [-0.25, -0.2) is 9.97 Å². The van der Waals surface area contributed by atoms with Crippen molar-refractivity contribution in [3.8, 4) is 11.1 Å². The lowest BCUT2D eigenvalue weighted by molar-refractivity contribution is -0.169. The van der Waals surface area contributed by atoms with Gasteiger partial charge in [-0.2, -0.15) is 0 Å². The van der Waals surface area contributed by atoms with Crippen molar-refractivity contribution in [2.75, 3.05) is 18.4 Å². The molecule has 1 amide bonds. The third kappa shape index (κ3) is 7.48. The Hall–Kier alpha value is -4.03. The van der Waals surface area contributed by atoms with Crippen LogP contribution in [0.4, 0.5) is 5.69 Å². The van der Waals surface area contributed by atoms with Gasteiger partial charge in [0.25, 0.3) is 5.91 Å². The molecule has 2 N–H and O–H groups in total. The lowest BCUT2D eigenvalue weighted by Crippen LogP contribution is -2.46. The fraction of sp³-hybridized carbons (Fsp3) is 0.488. The predicted molar refractivity (Wildman–Crippen MR) is 210 cm³/mol. The van der Waals surface area contributed by atoms with Crippen molar-refractivity contribution >= 4 is 46.5 Å².